The summed E-state index contributed by atoms with van der Waals surface area (Å²) in [7, 11) is 0. The maximum Gasteiger partial charge on any atom is 0.162 e. The van der Waals surface area contributed by atoms with Crippen molar-refractivity contribution < 1.29 is 4.79 Å². The summed E-state index contributed by atoms with van der Waals surface area (Å²) >= 11 is 0. The highest BCUT2D eigenvalue weighted by Gasteiger charge is 2.42. The van der Waals surface area contributed by atoms with E-state index in [1.165, 1.54) is 11.1 Å². The molecule has 4 atom stereocenters. The summed E-state index contributed by atoms with van der Waals surface area (Å²) in [5.41, 5.74) is 2.72. The fraction of sp³-hybridized carbons (Fsp3) is 0.400. The van der Waals surface area contributed by atoms with Crippen molar-refractivity contribution in [3.05, 3.63) is 47.6 Å². The second-order valence-electron chi connectivity index (χ2n) is 5.17. The van der Waals surface area contributed by atoms with Crippen LogP contribution >= 0.6 is 0 Å². The Balaban J connectivity index is 2.13. The van der Waals surface area contributed by atoms with E-state index in [0.717, 1.165) is 0 Å². The van der Waals surface area contributed by atoms with E-state index in [1.807, 2.05) is 0 Å². The van der Waals surface area contributed by atoms with Crippen LogP contribution in [0.15, 0.2) is 47.6 Å². The molecule has 0 saturated carbocycles. The third kappa shape index (κ3) is 1.21. The van der Waals surface area contributed by atoms with Crippen molar-refractivity contribution in [2.75, 3.05) is 0 Å². The third-order valence-corrected chi connectivity index (χ3v) is 4.03. The topological polar surface area (TPSA) is 17.1 Å². The van der Waals surface area contributed by atoms with E-state index in [1.54, 1.807) is 6.08 Å². The molecule has 4 rings (SSSR count). The molecular weight excluding hydrogens is 196 g/mol. The molecule has 4 aliphatic carbocycles. The smallest absolute Gasteiger partial charge is 0.162 e. The Kier molecular flexibility index (Phi) is 2.03. The van der Waals surface area contributed by atoms with E-state index < -0.39 is 0 Å². The lowest BCUT2D eigenvalue weighted by Crippen LogP contribution is -2.29. The number of hydrogen-bond donors (Lipinski definition) is 0. The quantitative estimate of drug-likeness (QED) is 0.564. The summed E-state index contributed by atoms with van der Waals surface area (Å²) in [6.45, 7) is 4.28. The molecular formula is C15H16O. The highest BCUT2D eigenvalue weighted by molar-refractivity contribution is 5.94. The molecule has 82 valence electrons. The Morgan fingerprint density at radius 1 is 1.06 bits per heavy atom. The standard InChI is InChI=1S/C15H16O/c1-9(2)11-6-7-12-10-3-5-13(15(11)12)14(16)8-4-10/h3-8,10,12-13,15H,1-2H3/t10-,12-,13+,15-/m1/s1. The van der Waals surface area contributed by atoms with Crippen LogP contribution in [-0.4, -0.2) is 5.78 Å². The molecule has 0 aromatic heterocycles. The van der Waals surface area contributed by atoms with Gasteiger partial charge in [-0.15, -0.1) is 0 Å². The van der Waals surface area contributed by atoms with Crippen LogP contribution in [0.4, 0.5) is 0 Å². The first-order chi connectivity index (χ1) is 7.68. The predicted octanol–water partition coefficient (Wildman–Crippen LogP) is 3.07. The summed E-state index contributed by atoms with van der Waals surface area (Å²) < 4.78 is 0. The van der Waals surface area contributed by atoms with Crippen molar-refractivity contribution in [3.63, 3.8) is 0 Å². The molecule has 0 amide bonds. The Morgan fingerprint density at radius 3 is 2.62 bits per heavy atom. The Morgan fingerprint density at radius 2 is 1.88 bits per heavy atom. The van der Waals surface area contributed by atoms with Crippen LogP contribution in [0.5, 0.6) is 0 Å². The minimum Gasteiger partial charge on any atom is -0.294 e. The van der Waals surface area contributed by atoms with Crippen LogP contribution in [0, 0.1) is 23.7 Å². The lowest BCUT2D eigenvalue weighted by atomic mass is 9.71. The van der Waals surface area contributed by atoms with Gasteiger partial charge in [-0.2, -0.15) is 0 Å². The van der Waals surface area contributed by atoms with E-state index in [2.05, 4.69) is 44.2 Å². The Labute approximate surface area is 96.2 Å². The van der Waals surface area contributed by atoms with E-state index in [4.69, 9.17) is 0 Å². The Hall–Kier alpha value is -1.37. The molecule has 0 fully saturated rings. The van der Waals surface area contributed by atoms with Crippen molar-refractivity contribution in [3.8, 4) is 0 Å². The number of allylic oxidation sites excluding steroid dienone is 8. The predicted molar refractivity (Wildman–Crippen MR) is 64.8 cm³/mol. The molecule has 0 spiro atoms. The van der Waals surface area contributed by atoms with Gasteiger partial charge in [0.05, 0.1) is 0 Å². The highest BCUT2D eigenvalue weighted by atomic mass is 16.1. The summed E-state index contributed by atoms with van der Waals surface area (Å²) in [4.78, 5) is 12.0. The summed E-state index contributed by atoms with van der Waals surface area (Å²) in [5.74, 6) is 1.65. The molecule has 0 N–H and O–H groups in total. The van der Waals surface area contributed by atoms with Crippen LogP contribution in [0.25, 0.3) is 0 Å². The van der Waals surface area contributed by atoms with Gasteiger partial charge in [0.15, 0.2) is 5.78 Å². The monoisotopic (exact) mass is 212 g/mol. The van der Waals surface area contributed by atoms with Crippen LogP contribution < -0.4 is 0 Å². The maximum absolute atomic E-state index is 12.0. The van der Waals surface area contributed by atoms with Gasteiger partial charge in [0, 0.05) is 17.8 Å². The van der Waals surface area contributed by atoms with Gasteiger partial charge >= 0.3 is 0 Å². The van der Waals surface area contributed by atoms with Gasteiger partial charge < -0.3 is 0 Å². The van der Waals surface area contributed by atoms with E-state index in [9.17, 15) is 4.79 Å². The zero-order valence-corrected chi connectivity index (χ0v) is 9.68. The molecule has 0 aromatic rings. The molecule has 1 heteroatoms. The van der Waals surface area contributed by atoms with Gasteiger partial charge in [-0.3, -0.25) is 4.79 Å². The molecule has 1 nitrogen and oxygen atoms in total. The van der Waals surface area contributed by atoms with Crippen molar-refractivity contribution in [1.29, 1.82) is 0 Å². The van der Waals surface area contributed by atoms with Crippen molar-refractivity contribution >= 4 is 5.78 Å². The molecule has 0 radical (unpaired) electrons. The first kappa shape index (κ1) is 9.83. The van der Waals surface area contributed by atoms with Crippen LogP contribution in [0.2, 0.25) is 0 Å². The average molecular weight is 212 g/mol. The molecule has 0 heterocycles. The maximum atomic E-state index is 12.0. The Bertz CT molecular complexity index is 458. The van der Waals surface area contributed by atoms with Gasteiger partial charge in [0.1, 0.15) is 0 Å². The van der Waals surface area contributed by atoms with Crippen LogP contribution in [-0.2, 0) is 4.79 Å². The zero-order chi connectivity index (χ0) is 11.3. The number of carbonyl (C=O) groups is 1. The molecule has 0 unspecified atom stereocenters. The lowest BCUT2D eigenvalue weighted by Gasteiger charge is -2.31. The number of fused-ring (bicyclic) bond motifs is 1. The van der Waals surface area contributed by atoms with Crippen molar-refractivity contribution in [2.24, 2.45) is 23.7 Å². The van der Waals surface area contributed by atoms with Gasteiger partial charge in [0.2, 0.25) is 0 Å². The van der Waals surface area contributed by atoms with Crippen LogP contribution in [0.1, 0.15) is 13.8 Å². The molecule has 4 aliphatic rings. The molecule has 16 heavy (non-hydrogen) atoms. The summed E-state index contributed by atoms with van der Waals surface area (Å²) in [5, 5.41) is 0. The fourth-order valence-corrected chi connectivity index (χ4v) is 3.23. The van der Waals surface area contributed by atoms with Crippen molar-refractivity contribution in [2.45, 2.75) is 13.8 Å². The van der Waals surface area contributed by atoms with Gasteiger partial charge in [-0.1, -0.05) is 36.0 Å². The minimum absolute atomic E-state index is 0.0694. The largest absolute Gasteiger partial charge is 0.294 e. The fourth-order valence-electron chi connectivity index (χ4n) is 3.23. The number of rotatable bonds is 0. The van der Waals surface area contributed by atoms with E-state index >= 15 is 0 Å². The highest BCUT2D eigenvalue weighted by Crippen LogP contribution is 2.47. The van der Waals surface area contributed by atoms with E-state index in [-0.39, 0.29) is 11.7 Å². The molecule has 0 saturated heterocycles. The number of ketones is 1. The molecule has 2 bridgehead atoms. The second-order valence-corrected chi connectivity index (χ2v) is 5.17. The van der Waals surface area contributed by atoms with Crippen molar-refractivity contribution in [1.82, 2.24) is 0 Å². The van der Waals surface area contributed by atoms with Gasteiger partial charge in [-0.25, -0.2) is 0 Å². The molecule has 0 aromatic carbocycles. The third-order valence-electron chi connectivity index (χ3n) is 4.03. The minimum atomic E-state index is 0.0694. The zero-order valence-electron chi connectivity index (χ0n) is 9.68. The first-order valence-corrected chi connectivity index (χ1v) is 5.94. The second kappa shape index (κ2) is 3.31. The molecule has 0 aliphatic heterocycles. The normalized spacial score (nSPS) is 39.1. The first-order valence-electron chi connectivity index (χ1n) is 5.94. The van der Waals surface area contributed by atoms with E-state index in [0.29, 0.717) is 17.8 Å². The van der Waals surface area contributed by atoms with Crippen LogP contribution in [0.3, 0.4) is 0 Å². The summed E-state index contributed by atoms with van der Waals surface area (Å²) in [6, 6.07) is 0. The number of carbonyl (C=O) groups excluding carboxylic acids is 1. The summed E-state index contributed by atoms with van der Waals surface area (Å²) in [6.07, 6.45) is 12.7. The van der Waals surface area contributed by atoms with Gasteiger partial charge in [-0.05, 0) is 31.4 Å². The van der Waals surface area contributed by atoms with Gasteiger partial charge in [0.25, 0.3) is 0 Å². The lowest BCUT2D eigenvalue weighted by molar-refractivity contribution is -0.118. The average Bonchev–Trinajstić information content (AvgIpc) is 2.57. The number of hydrogen-bond acceptors (Lipinski definition) is 1. The SMILES string of the molecule is CC(C)=C1C=C[C@@H]2[C@H]3C=CC(=O)[C@H](C=C3)[C@H]12.